The van der Waals surface area contributed by atoms with Crippen molar-refractivity contribution < 1.29 is 4.74 Å². The second-order valence-electron chi connectivity index (χ2n) is 4.43. The van der Waals surface area contributed by atoms with Crippen molar-refractivity contribution in [1.82, 2.24) is 4.90 Å². The summed E-state index contributed by atoms with van der Waals surface area (Å²) >= 11 is 0. The minimum Gasteiger partial charge on any atom is -0.385 e. The number of nitrogens with zero attached hydrogens (tertiary/aromatic N) is 2. The first kappa shape index (κ1) is 14.4. The van der Waals surface area contributed by atoms with Crippen molar-refractivity contribution >= 4 is 0 Å². The van der Waals surface area contributed by atoms with Gasteiger partial charge in [-0.15, -0.1) is 0 Å². The topological polar surface area (TPSA) is 36.3 Å². The van der Waals surface area contributed by atoms with Gasteiger partial charge in [0.25, 0.3) is 0 Å². The maximum absolute atomic E-state index is 8.61. The Morgan fingerprint density at radius 2 is 2.00 bits per heavy atom. The molecule has 0 aliphatic rings. The SMILES string of the molecule is COCCC(C)N(CCC#N)CC(C)C. The first-order valence-electron chi connectivity index (χ1n) is 5.71. The molecule has 0 aliphatic carbocycles. The highest BCUT2D eigenvalue weighted by molar-refractivity contribution is 4.76. The Hall–Kier alpha value is -0.590. The predicted octanol–water partition coefficient (Wildman–Crippen LogP) is 2.28. The standard InChI is InChI=1S/C12H24N2O/c1-11(2)10-14(8-5-7-13)12(3)6-9-15-4/h11-12H,5-6,8-10H2,1-4H3. The maximum atomic E-state index is 8.61. The van der Waals surface area contributed by atoms with Crippen LogP contribution >= 0.6 is 0 Å². The van der Waals surface area contributed by atoms with E-state index < -0.39 is 0 Å². The van der Waals surface area contributed by atoms with Gasteiger partial charge in [0.2, 0.25) is 0 Å². The average Bonchev–Trinajstić information content (AvgIpc) is 2.20. The number of ether oxygens (including phenoxy) is 1. The second kappa shape index (κ2) is 8.70. The number of nitriles is 1. The minimum absolute atomic E-state index is 0.501. The summed E-state index contributed by atoms with van der Waals surface area (Å²) in [6, 6.07) is 2.71. The van der Waals surface area contributed by atoms with Crippen molar-refractivity contribution in [3.8, 4) is 6.07 Å². The van der Waals surface area contributed by atoms with Crippen LogP contribution in [0, 0.1) is 17.2 Å². The monoisotopic (exact) mass is 212 g/mol. The molecular formula is C12H24N2O. The third kappa shape index (κ3) is 7.35. The fraction of sp³-hybridized carbons (Fsp3) is 0.917. The Balaban J connectivity index is 4.02. The summed E-state index contributed by atoms with van der Waals surface area (Å²) in [4.78, 5) is 2.38. The molecule has 0 aliphatic heterocycles. The molecule has 0 N–H and O–H groups in total. The first-order valence-corrected chi connectivity index (χ1v) is 5.71. The number of hydrogen-bond donors (Lipinski definition) is 0. The molecule has 0 heterocycles. The van der Waals surface area contributed by atoms with E-state index in [0.717, 1.165) is 26.1 Å². The summed E-state index contributed by atoms with van der Waals surface area (Å²) in [5.41, 5.74) is 0. The Bertz CT molecular complexity index is 187. The van der Waals surface area contributed by atoms with E-state index in [1.165, 1.54) is 0 Å². The molecular weight excluding hydrogens is 188 g/mol. The van der Waals surface area contributed by atoms with Crippen molar-refractivity contribution in [3.63, 3.8) is 0 Å². The first-order chi connectivity index (χ1) is 7.11. The molecule has 1 atom stereocenters. The number of methoxy groups -OCH3 is 1. The molecule has 15 heavy (non-hydrogen) atoms. The molecule has 0 bridgehead atoms. The summed E-state index contributed by atoms with van der Waals surface area (Å²) in [6.07, 6.45) is 1.65. The van der Waals surface area contributed by atoms with E-state index >= 15 is 0 Å². The average molecular weight is 212 g/mol. The van der Waals surface area contributed by atoms with Crippen LogP contribution in [0.25, 0.3) is 0 Å². The van der Waals surface area contributed by atoms with Crippen LogP contribution in [0.5, 0.6) is 0 Å². The van der Waals surface area contributed by atoms with Gasteiger partial charge in [-0.1, -0.05) is 13.8 Å². The van der Waals surface area contributed by atoms with Crippen LogP contribution in [0.15, 0.2) is 0 Å². The van der Waals surface area contributed by atoms with Crippen LogP contribution in [-0.2, 0) is 4.74 Å². The molecule has 1 unspecified atom stereocenters. The van der Waals surface area contributed by atoms with Gasteiger partial charge in [0.1, 0.15) is 0 Å². The molecule has 0 fully saturated rings. The quantitative estimate of drug-likeness (QED) is 0.619. The van der Waals surface area contributed by atoms with Gasteiger partial charge >= 0.3 is 0 Å². The molecule has 0 rings (SSSR count). The van der Waals surface area contributed by atoms with Gasteiger partial charge in [-0.05, 0) is 19.3 Å². The highest BCUT2D eigenvalue weighted by Gasteiger charge is 2.14. The fourth-order valence-electron chi connectivity index (χ4n) is 1.63. The Kier molecular flexibility index (Phi) is 8.35. The number of hydrogen-bond acceptors (Lipinski definition) is 3. The maximum Gasteiger partial charge on any atom is 0.0635 e. The molecule has 3 nitrogen and oxygen atoms in total. The van der Waals surface area contributed by atoms with Gasteiger partial charge in [-0.3, -0.25) is 4.90 Å². The van der Waals surface area contributed by atoms with E-state index in [4.69, 9.17) is 10.00 Å². The van der Waals surface area contributed by atoms with Crippen molar-refractivity contribution in [2.45, 2.75) is 39.7 Å². The molecule has 88 valence electrons. The molecule has 0 radical (unpaired) electrons. The Morgan fingerprint density at radius 1 is 1.33 bits per heavy atom. The van der Waals surface area contributed by atoms with Crippen molar-refractivity contribution in [2.75, 3.05) is 26.8 Å². The van der Waals surface area contributed by atoms with Gasteiger partial charge in [-0.25, -0.2) is 0 Å². The summed E-state index contributed by atoms with van der Waals surface area (Å²) in [5, 5.41) is 8.61. The predicted molar refractivity (Wildman–Crippen MR) is 62.6 cm³/mol. The summed E-state index contributed by atoms with van der Waals surface area (Å²) in [6.45, 7) is 9.36. The highest BCUT2D eigenvalue weighted by atomic mass is 16.5. The zero-order valence-electron chi connectivity index (χ0n) is 10.5. The molecule has 0 aromatic carbocycles. The van der Waals surface area contributed by atoms with Gasteiger partial charge in [0.05, 0.1) is 6.07 Å². The van der Waals surface area contributed by atoms with Gasteiger partial charge in [0, 0.05) is 39.3 Å². The summed E-state index contributed by atoms with van der Waals surface area (Å²) < 4.78 is 5.08. The Morgan fingerprint density at radius 3 is 2.47 bits per heavy atom. The second-order valence-corrected chi connectivity index (χ2v) is 4.43. The fourth-order valence-corrected chi connectivity index (χ4v) is 1.63. The minimum atomic E-state index is 0.501. The summed E-state index contributed by atoms with van der Waals surface area (Å²) in [7, 11) is 1.73. The van der Waals surface area contributed by atoms with E-state index in [1.54, 1.807) is 7.11 Å². The lowest BCUT2D eigenvalue weighted by molar-refractivity contribution is 0.130. The smallest absolute Gasteiger partial charge is 0.0635 e. The molecule has 3 heteroatoms. The lowest BCUT2D eigenvalue weighted by atomic mass is 10.1. The van der Waals surface area contributed by atoms with Crippen LogP contribution in [0.2, 0.25) is 0 Å². The van der Waals surface area contributed by atoms with Gasteiger partial charge in [0.15, 0.2) is 0 Å². The molecule has 0 saturated carbocycles. The lowest BCUT2D eigenvalue weighted by Crippen LogP contribution is -2.37. The molecule has 0 saturated heterocycles. The van der Waals surface area contributed by atoms with E-state index in [9.17, 15) is 0 Å². The molecule has 0 spiro atoms. The lowest BCUT2D eigenvalue weighted by Gasteiger charge is -2.29. The molecule has 0 amide bonds. The zero-order chi connectivity index (χ0) is 11.7. The van der Waals surface area contributed by atoms with Gasteiger partial charge in [-0.2, -0.15) is 5.26 Å². The normalized spacial score (nSPS) is 13.1. The highest BCUT2D eigenvalue weighted by Crippen LogP contribution is 2.08. The number of rotatable bonds is 8. The van der Waals surface area contributed by atoms with E-state index in [-0.39, 0.29) is 0 Å². The van der Waals surface area contributed by atoms with Crippen LogP contribution in [-0.4, -0.2) is 37.7 Å². The largest absolute Gasteiger partial charge is 0.385 e. The third-order valence-corrected chi connectivity index (χ3v) is 2.47. The summed E-state index contributed by atoms with van der Waals surface area (Å²) in [5.74, 6) is 0.647. The molecule has 0 aromatic heterocycles. The Labute approximate surface area is 94.0 Å². The third-order valence-electron chi connectivity index (χ3n) is 2.47. The van der Waals surface area contributed by atoms with E-state index in [2.05, 4.69) is 31.7 Å². The van der Waals surface area contributed by atoms with Crippen LogP contribution in [0.4, 0.5) is 0 Å². The van der Waals surface area contributed by atoms with Crippen molar-refractivity contribution in [2.24, 2.45) is 5.92 Å². The van der Waals surface area contributed by atoms with Crippen LogP contribution < -0.4 is 0 Å². The molecule has 0 aromatic rings. The van der Waals surface area contributed by atoms with Crippen LogP contribution in [0.1, 0.15) is 33.6 Å². The van der Waals surface area contributed by atoms with E-state index in [1.807, 2.05) is 0 Å². The zero-order valence-corrected chi connectivity index (χ0v) is 10.5. The van der Waals surface area contributed by atoms with Crippen molar-refractivity contribution in [3.05, 3.63) is 0 Å². The van der Waals surface area contributed by atoms with Crippen LogP contribution in [0.3, 0.4) is 0 Å². The van der Waals surface area contributed by atoms with E-state index in [0.29, 0.717) is 18.4 Å². The van der Waals surface area contributed by atoms with Gasteiger partial charge < -0.3 is 4.74 Å². The van der Waals surface area contributed by atoms with Crippen molar-refractivity contribution in [1.29, 1.82) is 5.26 Å².